The summed E-state index contributed by atoms with van der Waals surface area (Å²) < 4.78 is 0. The second-order valence-electron chi connectivity index (χ2n) is 11.8. The molecule has 0 spiro atoms. The van der Waals surface area contributed by atoms with E-state index in [2.05, 4.69) is 104 Å². The predicted octanol–water partition coefficient (Wildman–Crippen LogP) is 7.98. The highest BCUT2D eigenvalue weighted by Gasteiger charge is 2.52. The Bertz CT molecular complexity index is 1260. The van der Waals surface area contributed by atoms with Crippen molar-refractivity contribution < 1.29 is 10.2 Å². The summed E-state index contributed by atoms with van der Waals surface area (Å²) in [6.07, 6.45) is -1.25. The Hall–Kier alpha value is -2.68. The van der Waals surface area contributed by atoms with Crippen LogP contribution in [0.4, 0.5) is 0 Å². The van der Waals surface area contributed by atoms with E-state index in [9.17, 15) is 10.2 Å². The molecular formula is C34H40O2. The van der Waals surface area contributed by atoms with Crippen LogP contribution in [-0.4, -0.2) is 22.4 Å². The van der Waals surface area contributed by atoms with E-state index in [1.807, 2.05) is 0 Å². The van der Waals surface area contributed by atoms with E-state index in [-0.39, 0.29) is 11.8 Å². The summed E-state index contributed by atoms with van der Waals surface area (Å²) in [4.78, 5) is 0. The molecule has 0 aromatic rings. The molecular weight excluding hydrogens is 440 g/mol. The van der Waals surface area contributed by atoms with Crippen LogP contribution in [0.1, 0.15) is 95.9 Å². The third-order valence-corrected chi connectivity index (χ3v) is 8.70. The van der Waals surface area contributed by atoms with Crippen molar-refractivity contribution in [1.82, 2.24) is 0 Å². The smallest absolute Gasteiger partial charge is 0.0727 e. The van der Waals surface area contributed by atoms with Crippen LogP contribution in [-0.2, 0) is 0 Å². The summed E-state index contributed by atoms with van der Waals surface area (Å²) in [5, 5.41) is 23.2. The zero-order valence-electron chi connectivity index (χ0n) is 23.0. The molecule has 0 atom stereocenters. The lowest BCUT2D eigenvalue weighted by atomic mass is 9.62. The average Bonchev–Trinajstić information content (AvgIpc) is 3.11. The van der Waals surface area contributed by atoms with Crippen LogP contribution in [0.5, 0.6) is 0 Å². The number of aliphatic hydroxyl groups is 2. The Morgan fingerprint density at radius 1 is 0.528 bits per heavy atom. The third kappa shape index (κ3) is 3.78. The minimum absolute atomic E-state index is 0.288. The van der Waals surface area contributed by atoms with Crippen molar-refractivity contribution in [2.24, 2.45) is 0 Å². The van der Waals surface area contributed by atoms with Crippen LogP contribution in [0.15, 0.2) is 48.5 Å². The summed E-state index contributed by atoms with van der Waals surface area (Å²) in [7, 11) is 0. The van der Waals surface area contributed by atoms with Crippen LogP contribution in [0.2, 0.25) is 0 Å². The van der Waals surface area contributed by atoms with Crippen LogP contribution in [0.3, 0.4) is 0 Å². The van der Waals surface area contributed by atoms with E-state index < -0.39 is 12.2 Å². The van der Waals surface area contributed by atoms with E-state index in [0.717, 1.165) is 11.1 Å². The Kier molecular flexibility index (Phi) is 6.25. The summed E-state index contributed by atoms with van der Waals surface area (Å²) in [5.41, 5.74) is 14.4. The number of hydrogen-bond acceptors (Lipinski definition) is 2. The number of fused-ring (bicyclic) bond motifs is 2. The third-order valence-electron chi connectivity index (χ3n) is 8.70. The lowest BCUT2D eigenvalue weighted by Crippen LogP contribution is -2.51. The molecule has 188 valence electrons. The predicted molar refractivity (Wildman–Crippen MR) is 151 cm³/mol. The highest BCUT2D eigenvalue weighted by atomic mass is 16.3. The van der Waals surface area contributed by atoms with Gasteiger partial charge < -0.3 is 10.2 Å². The van der Waals surface area contributed by atoms with E-state index in [1.54, 1.807) is 0 Å². The maximum atomic E-state index is 11.6. The SMILES string of the molecule is Cc1cc(C2C(O)C(c3cc(C)c4cc(C(C)C)ccc(C)c3-4)C2O)c2c(C)ccc(C(C)C)cc1-2. The Morgan fingerprint density at radius 3 is 1.22 bits per heavy atom. The van der Waals surface area contributed by atoms with Crippen molar-refractivity contribution in [3.05, 3.63) is 93.0 Å². The largest absolute Gasteiger partial charge is 0.392 e. The Morgan fingerprint density at radius 2 is 0.889 bits per heavy atom. The standard InChI is InChI=1S/C34H40O2/c1-17(2)23-11-9-19(5)29-25(15-23)21(7)13-27(29)31-33(35)32(34(31)36)28-14-22(8)26-16-24(18(3)4)12-10-20(6)30(26)28/h9-18,31-36H,1-8H3. The molecule has 0 radical (unpaired) electrons. The first-order valence-electron chi connectivity index (χ1n) is 13.4. The fourth-order valence-corrected chi connectivity index (χ4v) is 6.45. The topological polar surface area (TPSA) is 40.5 Å². The molecule has 1 saturated carbocycles. The first-order chi connectivity index (χ1) is 17.0. The first kappa shape index (κ1) is 25.0. The monoisotopic (exact) mass is 480 g/mol. The van der Waals surface area contributed by atoms with Crippen molar-refractivity contribution in [3.63, 3.8) is 0 Å². The quantitative estimate of drug-likeness (QED) is 0.311. The van der Waals surface area contributed by atoms with Gasteiger partial charge in [0.2, 0.25) is 0 Å². The van der Waals surface area contributed by atoms with Gasteiger partial charge in [0.05, 0.1) is 12.2 Å². The average molecular weight is 481 g/mol. The first-order valence-corrected chi connectivity index (χ1v) is 13.4. The van der Waals surface area contributed by atoms with E-state index in [0.29, 0.717) is 11.8 Å². The van der Waals surface area contributed by atoms with E-state index in [1.165, 1.54) is 55.6 Å². The van der Waals surface area contributed by atoms with Crippen LogP contribution in [0, 0.1) is 27.7 Å². The highest BCUT2D eigenvalue weighted by molar-refractivity contribution is 5.81. The van der Waals surface area contributed by atoms with Gasteiger partial charge in [0.15, 0.2) is 0 Å². The summed E-state index contributed by atoms with van der Waals surface area (Å²) >= 11 is 0. The number of aliphatic hydroxyl groups excluding tert-OH is 2. The van der Waals surface area contributed by atoms with Gasteiger partial charge in [0, 0.05) is 11.8 Å². The Balaban J connectivity index is 1.57. The summed E-state index contributed by atoms with van der Waals surface area (Å²) in [6.45, 7) is 17.5. The molecule has 0 bridgehead atoms. The minimum Gasteiger partial charge on any atom is -0.392 e. The molecule has 5 aliphatic rings. The van der Waals surface area contributed by atoms with Gasteiger partial charge in [0.25, 0.3) is 0 Å². The number of rotatable bonds is 4. The molecule has 0 aromatic carbocycles. The molecule has 5 rings (SSSR count). The van der Waals surface area contributed by atoms with E-state index >= 15 is 0 Å². The van der Waals surface area contributed by atoms with Crippen molar-refractivity contribution >= 4 is 0 Å². The molecule has 0 aromatic heterocycles. The molecule has 5 aliphatic carbocycles. The molecule has 36 heavy (non-hydrogen) atoms. The number of aryl methyl sites for hydroxylation is 4. The molecule has 2 N–H and O–H groups in total. The molecule has 0 heterocycles. The summed E-state index contributed by atoms with van der Waals surface area (Å²) in [5.74, 6) is 0.307. The van der Waals surface area contributed by atoms with Gasteiger partial charge in [-0.2, -0.15) is 0 Å². The Labute approximate surface area is 216 Å². The second kappa shape index (κ2) is 9.01. The molecule has 2 heteroatoms. The van der Waals surface area contributed by atoms with Gasteiger partial charge in [-0.1, -0.05) is 76.2 Å². The van der Waals surface area contributed by atoms with Crippen LogP contribution >= 0.6 is 0 Å². The fourth-order valence-electron chi connectivity index (χ4n) is 6.45. The molecule has 1 fully saturated rings. The zero-order chi connectivity index (χ0) is 26.0. The number of hydrogen-bond donors (Lipinski definition) is 2. The normalized spacial score (nSPS) is 22.1. The van der Waals surface area contributed by atoms with Crippen molar-refractivity contribution in [3.8, 4) is 22.3 Å². The van der Waals surface area contributed by atoms with Gasteiger partial charge in [-0.3, -0.25) is 0 Å². The van der Waals surface area contributed by atoms with Gasteiger partial charge in [-0.05, 0) is 106 Å². The van der Waals surface area contributed by atoms with Crippen LogP contribution < -0.4 is 0 Å². The van der Waals surface area contributed by atoms with Gasteiger partial charge in [-0.15, -0.1) is 0 Å². The fraction of sp³-hybridized carbons (Fsp3) is 0.412. The van der Waals surface area contributed by atoms with Gasteiger partial charge in [-0.25, -0.2) is 0 Å². The molecule has 2 nitrogen and oxygen atoms in total. The van der Waals surface area contributed by atoms with E-state index in [4.69, 9.17) is 0 Å². The molecule has 0 saturated heterocycles. The summed E-state index contributed by atoms with van der Waals surface area (Å²) in [6, 6.07) is 17.8. The van der Waals surface area contributed by atoms with Gasteiger partial charge in [0.1, 0.15) is 0 Å². The zero-order valence-corrected chi connectivity index (χ0v) is 23.0. The molecule has 0 aliphatic heterocycles. The van der Waals surface area contributed by atoms with Crippen molar-refractivity contribution in [2.75, 3.05) is 0 Å². The van der Waals surface area contributed by atoms with Gasteiger partial charge >= 0.3 is 0 Å². The maximum absolute atomic E-state index is 11.6. The van der Waals surface area contributed by atoms with Crippen molar-refractivity contribution in [2.45, 2.75) is 91.3 Å². The lowest BCUT2D eigenvalue weighted by Gasteiger charge is -2.47. The van der Waals surface area contributed by atoms with Crippen LogP contribution in [0.25, 0.3) is 22.3 Å². The van der Waals surface area contributed by atoms with Crippen molar-refractivity contribution in [1.29, 1.82) is 0 Å². The maximum Gasteiger partial charge on any atom is 0.0727 e. The molecule has 0 amide bonds. The lowest BCUT2D eigenvalue weighted by molar-refractivity contribution is -0.0780. The minimum atomic E-state index is -0.626. The second-order valence-corrected chi connectivity index (χ2v) is 11.8. The highest BCUT2D eigenvalue weighted by Crippen LogP contribution is 2.55. The molecule has 0 unspecified atom stereocenters.